The normalized spacial score (nSPS) is 18.9. The quantitative estimate of drug-likeness (QED) is 0.812. The summed E-state index contributed by atoms with van der Waals surface area (Å²) in [4.78, 5) is 20.5. The number of amides is 1. The maximum absolute atomic E-state index is 14.4. The van der Waals surface area contributed by atoms with Gasteiger partial charge in [-0.05, 0) is 38.5 Å². The topological polar surface area (TPSA) is 41.4 Å². The maximum Gasteiger partial charge on any atom is 0.236 e. The summed E-state index contributed by atoms with van der Waals surface area (Å²) in [6, 6.07) is 5.94. The molecule has 3 heterocycles. The lowest BCUT2D eigenvalue weighted by Crippen LogP contribution is -2.33. The molecule has 2 aliphatic rings. The molecular weight excluding hydrogens is 343 g/mol. The third-order valence-corrected chi connectivity index (χ3v) is 5.63. The second-order valence-electron chi connectivity index (χ2n) is 7.82. The van der Waals surface area contributed by atoms with Crippen LogP contribution in [0.5, 0.6) is 0 Å². The van der Waals surface area contributed by atoms with E-state index < -0.39 is 5.41 Å². The van der Waals surface area contributed by atoms with Gasteiger partial charge in [-0.3, -0.25) is 4.79 Å². The number of carbonyl (C=O) groups excluding carboxylic acids is 1. The van der Waals surface area contributed by atoms with Crippen LogP contribution < -0.4 is 4.90 Å². The number of halogens is 1. The van der Waals surface area contributed by atoms with Crippen LogP contribution in [0.4, 0.5) is 10.1 Å². The van der Waals surface area contributed by atoms with Crippen LogP contribution in [-0.4, -0.2) is 41.0 Å². The second kappa shape index (κ2) is 5.81. The van der Waals surface area contributed by atoms with Gasteiger partial charge in [-0.15, -0.1) is 0 Å². The van der Waals surface area contributed by atoms with Gasteiger partial charge in [-0.25, -0.2) is 9.37 Å². The maximum atomic E-state index is 14.4. The summed E-state index contributed by atoms with van der Waals surface area (Å²) in [5.41, 5.74) is 4.55. The Kier molecular flexibility index (Phi) is 3.77. The van der Waals surface area contributed by atoms with E-state index in [1.807, 2.05) is 63.2 Å². The summed E-state index contributed by atoms with van der Waals surface area (Å²) in [5.74, 6) is -0.104. The number of hydrogen-bond acceptors (Lipinski definition) is 3. The molecule has 0 N–H and O–H groups in total. The number of rotatable bonds is 2. The average molecular weight is 366 g/mol. The minimum Gasteiger partial charge on any atom is -0.371 e. The number of benzene rings is 1. The van der Waals surface area contributed by atoms with Gasteiger partial charge in [0.15, 0.2) is 0 Å². The highest BCUT2D eigenvalue weighted by Gasteiger charge is 2.42. The minimum absolute atomic E-state index is 0.0827. The van der Waals surface area contributed by atoms with Crippen molar-refractivity contribution in [2.45, 2.75) is 26.2 Å². The van der Waals surface area contributed by atoms with E-state index in [2.05, 4.69) is 4.98 Å². The van der Waals surface area contributed by atoms with Crippen molar-refractivity contribution in [3.63, 3.8) is 0 Å². The Balaban J connectivity index is 1.72. The Labute approximate surface area is 158 Å². The standard InChI is InChI=1S/C21H23FN4O/c1-13-8-19(16(22)10-24(13)4)26-11-17(23-12-26)14-6-7-15-18(9-14)25(5)20(27)21(15,2)3/h6-9,11-12H,10H2,1-5H3. The van der Waals surface area contributed by atoms with Crippen molar-refractivity contribution in [1.82, 2.24) is 14.5 Å². The second-order valence-corrected chi connectivity index (χ2v) is 7.82. The molecule has 0 unspecified atom stereocenters. The van der Waals surface area contributed by atoms with E-state index in [0.717, 1.165) is 28.2 Å². The smallest absolute Gasteiger partial charge is 0.236 e. The predicted octanol–water partition coefficient (Wildman–Crippen LogP) is 3.79. The minimum atomic E-state index is -0.521. The molecule has 140 valence electrons. The van der Waals surface area contributed by atoms with Crippen molar-refractivity contribution in [3.8, 4) is 11.3 Å². The van der Waals surface area contributed by atoms with Crippen molar-refractivity contribution < 1.29 is 9.18 Å². The van der Waals surface area contributed by atoms with Gasteiger partial charge in [-0.1, -0.05) is 12.1 Å². The highest BCUT2D eigenvalue weighted by atomic mass is 19.1. The molecule has 0 saturated heterocycles. The van der Waals surface area contributed by atoms with E-state index >= 15 is 0 Å². The molecule has 2 aliphatic heterocycles. The Hall–Kier alpha value is -2.89. The lowest BCUT2D eigenvalue weighted by Gasteiger charge is -2.24. The van der Waals surface area contributed by atoms with Gasteiger partial charge >= 0.3 is 0 Å². The first-order valence-corrected chi connectivity index (χ1v) is 8.95. The molecule has 0 aliphatic carbocycles. The first kappa shape index (κ1) is 17.5. The molecule has 27 heavy (non-hydrogen) atoms. The van der Waals surface area contributed by atoms with Crippen LogP contribution in [0.15, 0.2) is 48.3 Å². The molecule has 6 heteroatoms. The monoisotopic (exact) mass is 366 g/mol. The van der Waals surface area contributed by atoms with Crippen molar-refractivity contribution in [1.29, 1.82) is 0 Å². The van der Waals surface area contributed by atoms with Crippen LogP contribution in [0.25, 0.3) is 17.0 Å². The van der Waals surface area contributed by atoms with E-state index in [4.69, 9.17) is 0 Å². The Bertz CT molecular complexity index is 1010. The van der Waals surface area contributed by atoms with Gasteiger partial charge in [0.1, 0.15) is 5.83 Å². The predicted molar refractivity (Wildman–Crippen MR) is 105 cm³/mol. The third-order valence-electron chi connectivity index (χ3n) is 5.63. The van der Waals surface area contributed by atoms with Crippen molar-refractivity contribution >= 4 is 17.3 Å². The van der Waals surface area contributed by atoms with Gasteiger partial charge in [-0.2, -0.15) is 0 Å². The molecule has 1 amide bonds. The first-order chi connectivity index (χ1) is 12.7. The van der Waals surface area contributed by atoms with E-state index in [0.29, 0.717) is 5.70 Å². The third kappa shape index (κ3) is 2.59. The number of hydrogen-bond donors (Lipinski definition) is 0. The van der Waals surface area contributed by atoms with Crippen molar-refractivity contribution in [3.05, 3.63) is 53.9 Å². The fraction of sp³-hybridized carbons (Fsp3) is 0.333. The van der Waals surface area contributed by atoms with Crippen molar-refractivity contribution in [2.75, 3.05) is 25.5 Å². The van der Waals surface area contributed by atoms with Crippen LogP contribution in [0.3, 0.4) is 0 Å². The first-order valence-electron chi connectivity index (χ1n) is 8.95. The van der Waals surface area contributed by atoms with Crippen LogP contribution in [0, 0.1) is 0 Å². The summed E-state index contributed by atoms with van der Waals surface area (Å²) < 4.78 is 16.1. The van der Waals surface area contributed by atoms with Gasteiger partial charge in [0.25, 0.3) is 0 Å². The van der Waals surface area contributed by atoms with E-state index in [1.165, 1.54) is 0 Å². The van der Waals surface area contributed by atoms with Gasteiger partial charge in [0.05, 0.1) is 29.7 Å². The summed E-state index contributed by atoms with van der Waals surface area (Å²) in [6.07, 6.45) is 5.28. The number of aromatic nitrogens is 2. The zero-order chi connectivity index (χ0) is 19.5. The largest absolute Gasteiger partial charge is 0.371 e. The molecular formula is C21H23FN4O. The van der Waals surface area contributed by atoms with Crippen LogP contribution in [0.1, 0.15) is 26.3 Å². The molecule has 4 rings (SSSR count). The Morgan fingerprint density at radius 3 is 2.70 bits per heavy atom. The van der Waals surface area contributed by atoms with Gasteiger partial charge < -0.3 is 14.4 Å². The van der Waals surface area contributed by atoms with Crippen LogP contribution in [0.2, 0.25) is 0 Å². The zero-order valence-corrected chi connectivity index (χ0v) is 16.2. The number of allylic oxidation sites excluding steroid dienone is 3. The molecule has 0 saturated carbocycles. The molecule has 5 nitrogen and oxygen atoms in total. The van der Waals surface area contributed by atoms with Crippen LogP contribution in [-0.2, 0) is 10.2 Å². The molecule has 0 radical (unpaired) electrons. The average Bonchev–Trinajstić information content (AvgIpc) is 3.18. The number of imidazole rings is 1. The number of anilines is 1. The summed E-state index contributed by atoms with van der Waals surface area (Å²) in [6.45, 7) is 6.09. The molecule has 1 aromatic carbocycles. The number of carbonyl (C=O) groups is 1. The summed E-state index contributed by atoms with van der Waals surface area (Å²) in [7, 11) is 3.66. The number of fused-ring (bicyclic) bond motifs is 1. The van der Waals surface area contributed by atoms with E-state index in [1.54, 1.807) is 22.8 Å². The fourth-order valence-corrected chi connectivity index (χ4v) is 3.76. The summed E-state index contributed by atoms with van der Waals surface area (Å²) in [5, 5.41) is 0. The van der Waals surface area contributed by atoms with E-state index in [-0.39, 0.29) is 18.3 Å². The highest BCUT2D eigenvalue weighted by Crippen LogP contribution is 2.42. The zero-order valence-electron chi connectivity index (χ0n) is 16.2. The highest BCUT2D eigenvalue weighted by molar-refractivity contribution is 6.07. The van der Waals surface area contributed by atoms with Gasteiger partial charge in [0.2, 0.25) is 5.91 Å². The summed E-state index contributed by atoms with van der Waals surface area (Å²) >= 11 is 0. The fourth-order valence-electron chi connectivity index (χ4n) is 3.76. The molecule has 0 spiro atoms. The molecule has 2 aromatic rings. The SMILES string of the molecule is CC1=CC(n2cnc(-c3ccc4c(c3)N(C)C(=O)C4(C)C)c2)=C(F)CN1C. The molecule has 0 fully saturated rings. The molecule has 0 atom stereocenters. The lowest BCUT2D eigenvalue weighted by atomic mass is 9.86. The molecule has 0 bridgehead atoms. The van der Waals surface area contributed by atoms with Gasteiger partial charge in [0, 0.05) is 37.2 Å². The Morgan fingerprint density at radius 2 is 1.96 bits per heavy atom. The number of likely N-dealkylation sites (N-methyl/N-ethyl adjacent to an activating group) is 2. The molecule has 1 aromatic heterocycles. The Morgan fingerprint density at radius 1 is 1.22 bits per heavy atom. The van der Waals surface area contributed by atoms with Crippen LogP contribution >= 0.6 is 0 Å². The van der Waals surface area contributed by atoms with Crippen molar-refractivity contribution in [2.24, 2.45) is 0 Å². The van der Waals surface area contributed by atoms with E-state index in [9.17, 15) is 9.18 Å². The number of nitrogens with zero attached hydrogens (tertiary/aromatic N) is 4. The lowest BCUT2D eigenvalue weighted by molar-refractivity contribution is -0.121.